The summed E-state index contributed by atoms with van der Waals surface area (Å²) in [6, 6.07) is 0. The van der Waals surface area contributed by atoms with Crippen LogP contribution in [0.15, 0.2) is 17.6 Å². The van der Waals surface area contributed by atoms with Crippen molar-refractivity contribution >= 4 is 29.9 Å². The van der Waals surface area contributed by atoms with Crippen LogP contribution >= 0.6 is 24.0 Å². The number of hydrogen-bond donors (Lipinski definition) is 2. The molecule has 0 atom stereocenters. The second-order valence-corrected chi connectivity index (χ2v) is 4.36. The lowest BCUT2D eigenvalue weighted by molar-refractivity contribution is -0.0828. The molecule has 1 saturated heterocycles. The summed E-state index contributed by atoms with van der Waals surface area (Å²) >= 11 is 0. The van der Waals surface area contributed by atoms with E-state index in [1.54, 1.807) is 7.11 Å². The van der Waals surface area contributed by atoms with E-state index in [0.717, 1.165) is 38.6 Å². The van der Waals surface area contributed by atoms with Gasteiger partial charge >= 0.3 is 0 Å². The normalized spacial score (nSPS) is 18.3. The maximum Gasteiger partial charge on any atom is 0.191 e. The van der Waals surface area contributed by atoms with E-state index in [9.17, 15) is 0 Å². The third-order valence-corrected chi connectivity index (χ3v) is 3.12. The fraction of sp³-hybridized carbons (Fsp3) is 0.769. The van der Waals surface area contributed by atoms with Crippen LogP contribution in [-0.4, -0.2) is 51.5 Å². The van der Waals surface area contributed by atoms with Gasteiger partial charge in [-0.15, -0.1) is 30.6 Å². The Kier molecular flexibility index (Phi) is 10.3. The van der Waals surface area contributed by atoms with Crippen molar-refractivity contribution in [3.8, 4) is 0 Å². The number of methoxy groups -OCH3 is 1. The highest BCUT2D eigenvalue weighted by atomic mass is 127. The zero-order chi connectivity index (χ0) is 13.3. The smallest absolute Gasteiger partial charge is 0.191 e. The van der Waals surface area contributed by atoms with Crippen molar-refractivity contribution in [2.24, 2.45) is 4.99 Å². The Morgan fingerprint density at radius 3 is 2.63 bits per heavy atom. The summed E-state index contributed by atoms with van der Waals surface area (Å²) in [6.07, 6.45) is 3.61. The lowest BCUT2D eigenvalue weighted by Gasteiger charge is -2.34. The molecule has 0 aromatic heterocycles. The number of nitrogens with one attached hydrogen (secondary N) is 2. The maximum absolute atomic E-state index is 5.65. The Morgan fingerprint density at radius 2 is 2.11 bits per heavy atom. The van der Waals surface area contributed by atoms with Crippen molar-refractivity contribution in [2.75, 3.05) is 40.0 Å². The van der Waals surface area contributed by atoms with E-state index in [0.29, 0.717) is 13.1 Å². The fourth-order valence-corrected chi connectivity index (χ4v) is 1.90. The number of guanidine groups is 1. The van der Waals surface area contributed by atoms with E-state index in [2.05, 4.69) is 22.2 Å². The molecule has 0 aliphatic carbocycles. The van der Waals surface area contributed by atoms with Gasteiger partial charge in [-0.2, -0.15) is 0 Å². The summed E-state index contributed by atoms with van der Waals surface area (Å²) in [6.45, 7) is 9.43. The summed E-state index contributed by atoms with van der Waals surface area (Å²) < 4.78 is 11.0. The van der Waals surface area contributed by atoms with Gasteiger partial charge in [0.1, 0.15) is 0 Å². The summed E-state index contributed by atoms with van der Waals surface area (Å²) in [5.74, 6) is 0.806. The molecule has 0 bridgehead atoms. The van der Waals surface area contributed by atoms with Gasteiger partial charge in [0.25, 0.3) is 0 Å². The van der Waals surface area contributed by atoms with Gasteiger partial charge in [-0.3, -0.25) is 4.99 Å². The predicted molar refractivity (Wildman–Crippen MR) is 89.4 cm³/mol. The van der Waals surface area contributed by atoms with Gasteiger partial charge in [0.2, 0.25) is 0 Å². The largest absolute Gasteiger partial charge is 0.381 e. The van der Waals surface area contributed by atoms with Crippen molar-refractivity contribution in [3.05, 3.63) is 12.7 Å². The molecule has 0 spiro atoms. The van der Waals surface area contributed by atoms with E-state index in [-0.39, 0.29) is 29.6 Å². The molecule has 1 aliphatic rings. The first kappa shape index (κ1) is 18.7. The molecule has 19 heavy (non-hydrogen) atoms. The minimum atomic E-state index is -0.172. The molecular formula is C13H26IN3O2. The minimum Gasteiger partial charge on any atom is -0.381 e. The Labute approximate surface area is 133 Å². The van der Waals surface area contributed by atoms with E-state index in [1.165, 1.54) is 0 Å². The van der Waals surface area contributed by atoms with Gasteiger partial charge in [-0.25, -0.2) is 0 Å². The van der Waals surface area contributed by atoms with Gasteiger partial charge in [0.15, 0.2) is 5.96 Å². The zero-order valence-corrected chi connectivity index (χ0v) is 14.2. The van der Waals surface area contributed by atoms with E-state index in [4.69, 9.17) is 9.47 Å². The minimum absolute atomic E-state index is 0. The molecule has 0 unspecified atom stereocenters. The highest BCUT2D eigenvalue weighted by Crippen LogP contribution is 2.24. The maximum atomic E-state index is 5.65. The molecule has 112 valence electrons. The molecule has 0 radical (unpaired) electrons. The van der Waals surface area contributed by atoms with Crippen molar-refractivity contribution in [3.63, 3.8) is 0 Å². The summed E-state index contributed by atoms with van der Waals surface area (Å²) in [5.41, 5.74) is -0.172. The standard InChI is InChI=1S/C13H25N3O2.HI/c1-4-8-15-12(14-5-2)16-11-13(17-3)6-9-18-10-7-13;/h4H,1,5-11H2,2-3H3,(H2,14,15,16);1H. The third kappa shape index (κ3) is 6.58. The van der Waals surface area contributed by atoms with Gasteiger partial charge < -0.3 is 20.1 Å². The number of halogens is 1. The number of aliphatic imine (C=N–C) groups is 1. The molecular weight excluding hydrogens is 357 g/mol. The first-order valence-corrected chi connectivity index (χ1v) is 6.52. The molecule has 0 amide bonds. The highest BCUT2D eigenvalue weighted by Gasteiger charge is 2.32. The van der Waals surface area contributed by atoms with E-state index in [1.807, 2.05) is 13.0 Å². The van der Waals surface area contributed by atoms with E-state index >= 15 is 0 Å². The number of nitrogens with zero attached hydrogens (tertiary/aromatic N) is 1. The van der Waals surface area contributed by atoms with Gasteiger partial charge in [-0.05, 0) is 6.92 Å². The van der Waals surface area contributed by atoms with Crippen molar-refractivity contribution in [1.82, 2.24) is 10.6 Å². The van der Waals surface area contributed by atoms with Crippen LogP contribution < -0.4 is 10.6 Å². The number of hydrogen-bond acceptors (Lipinski definition) is 3. The average Bonchev–Trinajstić information content (AvgIpc) is 2.43. The Morgan fingerprint density at radius 1 is 1.42 bits per heavy atom. The number of rotatable bonds is 6. The second-order valence-electron chi connectivity index (χ2n) is 4.36. The molecule has 0 saturated carbocycles. The molecule has 2 N–H and O–H groups in total. The van der Waals surface area contributed by atoms with Gasteiger partial charge in [-0.1, -0.05) is 6.08 Å². The van der Waals surface area contributed by atoms with Gasteiger partial charge in [0, 0.05) is 46.3 Å². The van der Waals surface area contributed by atoms with Crippen LogP contribution in [0, 0.1) is 0 Å². The van der Waals surface area contributed by atoms with Crippen LogP contribution in [-0.2, 0) is 9.47 Å². The molecule has 1 heterocycles. The van der Waals surface area contributed by atoms with Crippen LogP contribution in [0.2, 0.25) is 0 Å². The Hall–Kier alpha value is -0.340. The molecule has 6 heteroatoms. The van der Waals surface area contributed by atoms with Crippen molar-refractivity contribution < 1.29 is 9.47 Å². The first-order valence-electron chi connectivity index (χ1n) is 6.52. The van der Waals surface area contributed by atoms with Crippen LogP contribution in [0.25, 0.3) is 0 Å². The second kappa shape index (κ2) is 10.4. The molecule has 5 nitrogen and oxygen atoms in total. The Bertz CT molecular complexity index is 279. The van der Waals surface area contributed by atoms with Crippen LogP contribution in [0.1, 0.15) is 19.8 Å². The number of ether oxygens (including phenoxy) is 2. The summed E-state index contributed by atoms with van der Waals surface area (Å²) in [5, 5.41) is 6.39. The van der Waals surface area contributed by atoms with Gasteiger partial charge in [0.05, 0.1) is 12.1 Å². The first-order chi connectivity index (χ1) is 8.76. The van der Waals surface area contributed by atoms with Crippen LogP contribution in [0.4, 0.5) is 0 Å². The SMILES string of the molecule is C=CCNC(=NCC1(OC)CCOCC1)NCC.I. The lowest BCUT2D eigenvalue weighted by Crippen LogP contribution is -2.43. The fourth-order valence-electron chi connectivity index (χ4n) is 1.90. The summed E-state index contributed by atoms with van der Waals surface area (Å²) in [4.78, 5) is 4.58. The van der Waals surface area contributed by atoms with Crippen molar-refractivity contribution in [1.29, 1.82) is 0 Å². The molecule has 1 fully saturated rings. The Balaban J connectivity index is 0.00000324. The van der Waals surface area contributed by atoms with Crippen molar-refractivity contribution in [2.45, 2.75) is 25.4 Å². The molecule has 1 rings (SSSR count). The average molecular weight is 383 g/mol. The zero-order valence-electron chi connectivity index (χ0n) is 11.9. The monoisotopic (exact) mass is 383 g/mol. The quantitative estimate of drug-likeness (QED) is 0.316. The third-order valence-electron chi connectivity index (χ3n) is 3.12. The van der Waals surface area contributed by atoms with Crippen LogP contribution in [0.5, 0.6) is 0 Å². The topological polar surface area (TPSA) is 54.9 Å². The molecule has 0 aromatic carbocycles. The lowest BCUT2D eigenvalue weighted by atomic mass is 9.94. The highest BCUT2D eigenvalue weighted by molar-refractivity contribution is 14.0. The molecule has 0 aromatic rings. The van der Waals surface area contributed by atoms with E-state index < -0.39 is 0 Å². The van der Waals surface area contributed by atoms with Crippen LogP contribution in [0.3, 0.4) is 0 Å². The summed E-state index contributed by atoms with van der Waals surface area (Å²) in [7, 11) is 1.75. The molecule has 1 aliphatic heterocycles. The predicted octanol–water partition coefficient (Wildman–Crippen LogP) is 1.54.